The van der Waals surface area contributed by atoms with Crippen molar-refractivity contribution in [2.75, 3.05) is 6.54 Å². The van der Waals surface area contributed by atoms with E-state index < -0.39 is 0 Å². The van der Waals surface area contributed by atoms with Gasteiger partial charge in [-0.15, -0.1) is 22.7 Å². The topological polar surface area (TPSA) is 29.1 Å². The number of nitrogens with one attached hydrogen (secondary N) is 1. The summed E-state index contributed by atoms with van der Waals surface area (Å²) >= 11 is 3.27. The molecule has 0 atom stereocenters. The third-order valence-corrected chi connectivity index (χ3v) is 5.67. The minimum Gasteiger partial charge on any atom is -0.351 e. The summed E-state index contributed by atoms with van der Waals surface area (Å²) in [6.45, 7) is 9.64. The van der Waals surface area contributed by atoms with Gasteiger partial charge in [0.05, 0.1) is 4.88 Å². The van der Waals surface area contributed by atoms with Crippen molar-refractivity contribution in [1.29, 1.82) is 0 Å². The van der Waals surface area contributed by atoms with E-state index >= 15 is 0 Å². The van der Waals surface area contributed by atoms with Crippen LogP contribution in [0.2, 0.25) is 0 Å². The molecule has 2 nitrogen and oxygen atoms in total. The number of fused-ring (bicyclic) bond motifs is 1. The van der Waals surface area contributed by atoms with Gasteiger partial charge in [-0.2, -0.15) is 0 Å². The molecule has 0 saturated heterocycles. The standard InChI is InChI=1S/C15H21NOS2/c1-9(2)11(10(3)4)8-16-15(17)14-7-13-12(19-14)5-6-18-13/h5-7,9-11H,8H2,1-4H3,(H,16,17). The summed E-state index contributed by atoms with van der Waals surface area (Å²) in [6, 6.07) is 4.08. The van der Waals surface area contributed by atoms with E-state index in [-0.39, 0.29) is 5.91 Å². The Bertz CT molecular complexity index is 517. The normalized spacial score (nSPS) is 11.9. The fourth-order valence-corrected chi connectivity index (χ4v) is 4.44. The number of hydrogen-bond donors (Lipinski definition) is 1. The van der Waals surface area contributed by atoms with Gasteiger partial charge in [0.25, 0.3) is 5.91 Å². The van der Waals surface area contributed by atoms with Gasteiger partial charge in [0.15, 0.2) is 0 Å². The van der Waals surface area contributed by atoms with E-state index in [4.69, 9.17) is 0 Å². The van der Waals surface area contributed by atoms with Crippen LogP contribution < -0.4 is 5.32 Å². The zero-order valence-electron chi connectivity index (χ0n) is 11.9. The Morgan fingerprint density at radius 3 is 2.47 bits per heavy atom. The largest absolute Gasteiger partial charge is 0.351 e. The number of carbonyl (C=O) groups is 1. The Hall–Kier alpha value is -0.870. The number of thiophene rings is 2. The van der Waals surface area contributed by atoms with Gasteiger partial charge < -0.3 is 5.32 Å². The average Bonchev–Trinajstić information content (AvgIpc) is 2.87. The van der Waals surface area contributed by atoms with Gasteiger partial charge in [-0.05, 0) is 35.3 Å². The summed E-state index contributed by atoms with van der Waals surface area (Å²) in [7, 11) is 0. The second kappa shape index (κ2) is 6.06. The van der Waals surface area contributed by atoms with Gasteiger partial charge in [0.2, 0.25) is 0 Å². The molecule has 2 aromatic heterocycles. The van der Waals surface area contributed by atoms with Crippen LogP contribution in [0.25, 0.3) is 9.40 Å². The first-order chi connectivity index (χ1) is 8.99. The van der Waals surface area contributed by atoms with E-state index in [1.807, 2.05) is 6.07 Å². The lowest BCUT2D eigenvalue weighted by Gasteiger charge is -2.24. The van der Waals surface area contributed by atoms with Crippen LogP contribution in [0.4, 0.5) is 0 Å². The molecule has 0 aliphatic rings. The van der Waals surface area contributed by atoms with Gasteiger partial charge in [0.1, 0.15) is 0 Å². The maximum absolute atomic E-state index is 12.2. The summed E-state index contributed by atoms with van der Waals surface area (Å²) in [5.74, 6) is 1.78. The van der Waals surface area contributed by atoms with E-state index in [1.54, 1.807) is 22.7 Å². The molecule has 1 amide bonds. The van der Waals surface area contributed by atoms with Crippen molar-refractivity contribution < 1.29 is 4.79 Å². The SMILES string of the molecule is CC(C)C(CNC(=O)c1cc2sccc2s1)C(C)C. The Morgan fingerprint density at radius 1 is 1.21 bits per heavy atom. The van der Waals surface area contributed by atoms with Crippen LogP contribution in [0.3, 0.4) is 0 Å². The van der Waals surface area contributed by atoms with Crippen molar-refractivity contribution in [2.45, 2.75) is 27.7 Å². The van der Waals surface area contributed by atoms with E-state index in [2.05, 4.69) is 44.5 Å². The van der Waals surface area contributed by atoms with Crippen LogP contribution in [0.15, 0.2) is 17.5 Å². The summed E-state index contributed by atoms with van der Waals surface area (Å²) in [5, 5.41) is 5.15. The van der Waals surface area contributed by atoms with Crippen molar-refractivity contribution in [2.24, 2.45) is 17.8 Å². The van der Waals surface area contributed by atoms with E-state index in [1.165, 1.54) is 9.40 Å². The summed E-state index contributed by atoms with van der Waals surface area (Å²) in [4.78, 5) is 13.0. The zero-order chi connectivity index (χ0) is 14.0. The highest BCUT2D eigenvalue weighted by molar-refractivity contribution is 7.27. The van der Waals surface area contributed by atoms with Crippen LogP contribution >= 0.6 is 22.7 Å². The molecule has 0 spiro atoms. The van der Waals surface area contributed by atoms with Gasteiger partial charge in [-0.3, -0.25) is 4.79 Å². The first-order valence-corrected chi connectivity index (χ1v) is 8.44. The van der Waals surface area contributed by atoms with Crippen molar-refractivity contribution in [1.82, 2.24) is 5.32 Å². The highest BCUT2D eigenvalue weighted by Crippen LogP contribution is 2.30. The summed E-state index contributed by atoms with van der Waals surface area (Å²) in [6.07, 6.45) is 0. The molecule has 0 aliphatic carbocycles. The predicted octanol–water partition coefficient (Wildman–Crippen LogP) is 4.62. The van der Waals surface area contributed by atoms with E-state index in [0.29, 0.717) is 17.8 Å². The number of hydrogen-bond acceptors (Lipinski definition) is 3. The fourth-order valence-electron chi connectivity index (χ4n) is 2.42. The molecule has 0 saturated carbocycles. The molecule has 0 bridgehead atoms. The molecule has 4 heteroatoms. The molecule has 0 aliphatic heterocycles. The molecule has 2 aromatic rings. The third kappa shape index (κ3) is 3.37. The zero-order valence-corrected chi connectivity index (χ0v) is 13.5. The number of carbonyl (C=O) groups excluding carboxylic acids is 1. The molecule has 19 heavy (non-hydrogen) atoms. The molecule has 104 valence electrons. The lowest BCUT2D eigenvalue weighted by atomic mass is 9.85. The van der Waals surface area contributed by atoms with Gasteiger partial charge in [0, 0.05) is 15.9 Å². The highest BCUT2D eigenvalue weighted by Gasteiger charge is 2.19. The van der Waals surface area contributed by atoms with Crippen LogP contribution in [-0.4, -0.2) is 12.5 Å². The van der Waals surface area contributed by atoms with E-state index in [0.717, 1.165) is 11.4 Å². The van der Waals surface area contributed by atoms with Crippen LogP contribution in [0.1, 0.15) is 37.4 Å². The second-order valence-electron chi connectivity index (χ2n) is 5.62. The first kappa shape index (κ1) is 14.5. The van der Waals surface area contributed by atoms with Crippen molar-refractivity contribution in [3.63, 3.8) is 0 Å². The molecule has 0 fully saturated rings. The number of amides is 1. The van der Waals surface area contributed by atoms with Gasteiger partial charge >= 0.3 is 0 Å². The summed E-state index contributed by atoms with van der Waals surface area (Å²) in [5.41, 5.74) is 0. The van der Waals surface area contributed by atoms with E-state index in [9.17, 15) is 4.79 Å². The quantitative estimate of drug-likeness (QED) is 0.856. The van der Waals surface area contributed by atoms with Gasteiger partial charge in [-0.25, -0.2) is 0 Å². The minimum atomic E-state index is 0.0692. The highest BCUT2D eigenvalue weighted by atomic mass is 32.1. The Balaban J connectivity index is 1.99. The first-order valence-electron chi connectivity index (χ1n) is 6.74. The van der Waals surface area contributed by atoms with Crippen molar-refractivity contribution in [3.05, 3.63) is 22.4 Å². The van der Waals surface area contributed by atoms with Gasteiger partial charge in [-0.1, -0.05) is 27.7 Å². The molecular weight excluding hydrogens is 274 g/mol. The molecular formula is C15H21NOS2. The second-order valence-corrected chi connectivity index (χ2v) is 7.65. The van der Waals surface area contributed by atoms with Crippen LogP contribution in [-0.2, 0) is 0 Å². The Morgan fingerprint density at radius 2 is 1.89 bits per heavy atom. The number of rotatable bonds is 5. The third-order valence-electron chi connectivity index (χ3n) is 3.57. The molecule has 1 N–H and O–H groups in total. The maximum atomic E-state index is 12.2. The molecule has 0 radical (unpaired) electrons. The van der Waals surface area contributed by atoms with Crippen molar-refractivity contribution >= 4 is 38.0 Å². The monoisotopic (exact) mass is 295 g/mol. The smallest absolute Gasteiger partial charge is 0.261 e. The molecule has 2 heterocycles. The summed E-state index contributed by atoms with van der Waals surface area (Å²) < 4.78 is 2.42. The lowest BCUT2D eigenvalue weighted by molar-refractivity contribution is 0.0941. The van der Waals surface area contributed by atoms with Crippen molar-refractivity contribution in [3.8, 4) is 0 Å². The maximum Gasteiger partial charge on any atom is 0.261 e. The lowest BCUT2D eigenvalue weighted by Crippen LogP contribution is -2.33. The predicted molar refractivity (Wildman–Crippen MR) is 85.2 cm³/mol. The fraction of sp³-hybridized carbons (Fsp3) is 0.533. The Labute approximate surface area is 122 Å². The molecule has 2 rings (SSSR count). The van der Waals surface area contributed by atoms with Crippen LogP contribution in [0.5, 0.6) is 0 Å². The molecule has 0 unspecified atom stereocenters. The molecule has 0 aromatic carbocycles. The minimum absolute atomic E-state index is 0.0692. The average molecular weight is 295 g/mol. The van der Waals surface area contributed by atoms with Crippen LogP contribution in [0, 0.1) is 17.8 Å². The Kier molecular flexibility index (Phi) is 4.63.